The Bertz CT molecular complexity index is 682. The minimum absolute atomic E-state index is 0.182. The van der Waals surface area contributed by atoms with Gasteiger partial charge in [0.05, 0.1) is 11.9 Å². The van der Waals surface area contributed by atoms with Gasteiger partial charge in [-0.3, -0.25) is 9.78 Å². The molecule has 1 aliphatic carbocycles. The Kier molecular flexibility index (Phi) is 5.56. The Morgan fingerprint density at radius 1 is 1.46 bits per heavy atom. The molecule has 1 amide bonds. The van der Waals surface area contributed by atoms with E-state index in [0.717, 1.165) is 35.1 Å². The van der Waals surface area contributed by atoms with Crippen molar-refractivity contribution in [3.05, 3.63) is 36.5 Å². The number of imidazole rings is 1. The molecule has 0 saturated heterocycles. The maximum atomic E-state index is 12.7. The molecule has 2 heterocycles. The number of amides is 1. The van der Waals surface area contributed by atoms with Gasteiger partial charge in [-0.2, -0.15) is 11.8 Å². The van der Waals surface area contributed by atoms with Gasteiger partial charge in [0.15, 0.2) is 0 Å². The number of hydrogen-bond donors (Lipinski definition) is 0. The standard InChI is InChI=1S/C18H24N4OS/c1-3-24-10-8-18(23)22(12-15-6-7-15)21-13-17(20-14(21)2)16-5-4-9-19-11-16/h4-5,9,11,13,15H,3,6-8,10,12H2,1-2H3. The lowest BCUT2D eigenvalue weighted by molar-refractivity contribution is -0.119. The molecular weight excluding hydrogens is 320 g/mol. The van der Waals surface area contributed by atoms with Crippen LogP contribution < -0.4 is 5.01 Å². The van der Waals surface area contributed by atoms with E-state index in [1.54, 1.807) is 12.4 Å². The van der Waals surface area contributed by atoms with Gasteiger partial charge < -0.3 is 0 Å². The lowest BCUT2D eigenvalue weighted by Crippen LogP contribution is -2.42. The van der Waals surface area contributed by atoms with Crippen molar-refractivity contribution in [2.24, 2.45) is 5.92 Å². The summed E-state index contributed by atoms with van der Waals surface area (Å²) in [6.07, 6.45) is 8.52. The molecule has 6 heteroatoms. The molecule has 0 aliphatic heterocycles. The summed E-state index contributed by atoms with van der Waals surface area (Å²) in [6.45, 7) is 4.87. The SMILES string of the molecule is CCSCCC(=O)N(CC1CC1)n1cc(-c2cccnc2)nc1C. The van der Waals surface area contributed by atoms with Crippen molar-refractivity contribution >= 4 is 17.7 Å². The van der Waals surface area contributed by atoms with Gasteiger partial charge in [0.25, 0.3) is 0 Å². The zero-order valence-corrected chi connectivity index (χ0v) is 15.1. The molecule has 128 valence electrons. The fraction of sp³-hybridized carbons (Fsp3) is 0.500. The second-order valence-electron chi connectivity index (χ2n) is 6.13. The van der Waals surface area contributed by atoms with Crippen LogP contribution in [0.15, 0.2) is 30.7 Å². The average molecular weight is 344 g/mol. The van der Waals surface area contributed by atoms with E-state index in [1.807, 2.05) is 46.7 Å². The van der Waals surface area contributed by atoms with Crippen molar-refractivity contribution in [2.75, 3.05) is 23.1 Å². The normalized spacial score (nSPS) is 13.9. The summed E-state index contributed by atoms with van der Waals surface area (Å²) in [4.78, 5) is 21.5. The number of thioether (sulfide) groups is 1. The van der Waals surface area contributed by atoms with E-state index in [4.69, 9.17) is 0 Å². The van der Waals surface area contributed by atoms with E-state index in [-0.39, 0.29) is 5.91 Å². The average Bonchev–Trinajstić information content (AvgIpc) is 3.34. The maximum Gasteiger partial charge on any atom is 0.242 e. The number of carbonyl (C=O) groups is 1. The van der Waals surface area contributed by atoms with Crippen LogP contribution in [0.1, 0.15) is 32.0 Å². The highest BCUT2D eigenvalue weighted by molar-refractivity contribution is 7.99. The van der Waals surface area contributed by atoms with Crippen LogP contribution in [0.25, 0.3) is 11.3 Å². The molecule has 2 aromatic heterocycles. The first-order valence-electron chi connectivity index (χ1n) is 8.53. The Balaban J connectivity index is 1.81. The van der Waals surface area contributed by atoms with Crippen LogP contribution in [0, 0.1) is 12.8 Å². The van der Waals surface area contributed by atoms with Gasteiger partial charge in [-0.1, -0.05) is 6.92 Å². The summed E-state index contributed by atoms with van der Waals surface area (Å²) in [5, 5.41) is 1.89. The predicted octanol–water partition coefficient (Wildman–Crippen LogP) is 3.27. The molecule has 0 atom stereocenters. The quantitative estimate of drug-likeness (QED) is 0.690. The second-order valence-corrected chi connectivity index (χ2v) is 7.52. The summed E-state index contributed by atoms with van der Waals surface area (Å²) in [7, 11) is 0. The molecule has 1 saturated carbocycles. The van der Waals surface area contributed by atoms with Crippen LogP contribution in [-0.2, 0) is 4.79 Å². The smallest absolute Gasteiger partial charge is 0.242 e. The van der Waals surface area contributed by atoms with E-state index in [1.165, 1.54) is 12.8 Å². The van der Waals surface area contributed by atoms with Gasteiger partial charge in [0.1, 0.15) is 5.82 Å². The van der Waals surface area contributed by atoms with E-state index >= 15 is 0 Å². The Morgan fingerprint density at radius 3 is 2.96 bits per heavy atom. The van der Waals surface area contributed by atoms with Gasteiger partial charge in [-0.25, -0.2) is 14.7 Å². The Hall–Kier alpha value is -1.82. The van der Waals surface area contributed by atoms with Crippen LogP contribution in [-0.4, -0.2) is 38.6 Å². The zero-order chi connectivity index (χ0) is 16.9. The van der Waals surface area contributed by atoms with Crippen LogP contribution >= 0.6 is 11.8 Å². The van der Waals surface area contributed by atoms with Crippen LogP contribution in [0.3, 0.4) is 0 Å². The molecule has 24 heavy (non-hydrogen) atoms. The van der Waals surface area contributed by atoms with E-state index in [2.05, 4.69) is 16.9 Å². The molecule has 0 aromatic carbocycles. The highest BCUT2D eigenvalue weighted by Gasteiger charge is 2.28. The number of pyridine rings is 1. The van der Waals surface area contributed by atoms with Crippen molar-refractivity contribution in [1.82, 2.24) is 14.6 Å². The highest BCUT2D eigenvalue weighted by atomic mass is 32.2. The summed E-state index contributed by atoms with van der Waals surface area (Å²) >= 11 is 1.81. The molecule has 0 bridgehead atoms. The third-order valence-electron chi connectivity index (χ3n) is 4.16. The van der Waals surface area contributed by atoms with Crippen LogP contribution in [0.4, 0.5) is 0 Å². The molecular formula is C18H24N4OS. The van der Waals surface area contributed by atoms with Gasteiger partial charge in [0.2, 0.25) is 5.91 Å². The number of hydrogen-bond acceptors (Lipinski definition) is 4. The van der Waals surface area contributed by atoms with Gasteiger partial charge in [0, 0.05) is 36.7 Å². The first kappa shape index (κ1) is 17.0. The summed E-state index contributed by atoms with van der Waals surface area (Å²) in [5.74, 6) is 3.58. The monoisotopic (exact) mass is 344 g/mol. The van der Waals surface area contributed by atoms with Gasteiger partial charge in [-0.15, -0.1) is 0 Å². The predicted molar refractivity (Wildman–Crippen MR) is 98.6 cm³/mol. The molecule has 0 unspecified atom stereocenters. The maximum absolute atomic E-state index is 12.7. The number of carbonyl (C=O) groups excluding carboxylic acids is 1. The van der Waals surface area contributed by atoms with Crippen molar-refractivity contribution < 1.29 is 4.79 Å². The van der Waals surface area contributed by atoms with Gasteiger partial charge >= 0.3 is 0 Å². The fourth-order valence-electron chi connectivity index (χ4n) is 2.65. The van der Waals surface area contributed by atoms with Crippen molar-refractivity contribution in [1.29, 1.82) is 0 Å². The number of nitrogens with zero attached hydrogens (tertiary/aromatic N) is 4. The fourth-order valence-corrected chi connectivity index (χ4v) is 3.26. The number of aromatic nitrogens is 3. The Morgan fingerprint density at radius 2 is 2.29 bits per heavy atom. The van der Waals surface area contributed by atoms with Crippen molar-refractivity contribution in [3.8, 4) is 11.3 Å². The molecule has 5 nitrogen and oxygen atoms in total. The van der Waals surface area contributed by atoms with Crippen molar-refractivity contribution in [3.63, 3.8) is 0 Å². The van der Waals surface area contributed by atoms with Crippen LogP contribution in [0.5, 0.6) is 0 Å². The van der Waals surface area contributed by atoms with Crippen LogP contribution in [0.2, 0.25) is 0 Å². The van der Waals surface area contributed by atoms with Gasteiger partial charge in [-0.05, 0) is 43.6 Å². The largest absolute Gasteiger partial charge is 0.273 e. The second kappa shape index (κ2) is 7.83. The lowest BCUT2D eigenvalue weighted by atomic mass is 10.2. The summed E-state index contributed by atoms with van der Waals surface area (Å²) in [6, 6.07) is 3.89. The minimum atomic E-state index is 0.182. The van der Waals surface area contributed by atoms with Crippen molar-refractivity contribution in [2.45, 2.75) is 33.1 Å². The molecule has 2 aromatic rings. The first-order chi connectivity index (χ1) is 11.7. The summed E-state index contributed by atoms with van der Waals surface area (Å²) < 4.78 is 1.93. The number of rotatable bonds is 8. The third kappa shape index (κ3) is 4.17. The molecule has 0 N–H and O–H groups in total. The van der Waals surface area contributed by atoms with E-state index in [0.29, 0.717) is 12.3 Å². The topological polar surface area (TPSA) is 51.0 Å². The highest BCUT2D eigenvalue weighted by Crippen LogP contribution is 2.30. The van der Waals surface area contributed by atoms with E-state index < -0.39 is 0 Å². The summed E-state index contributed by atoms with van der Waals surface area (Å²) in [5.41, 5.74) is 1.83. The zero-order valence-electron chi connectivity index (χ0n) is 14.3. The molecule has 0 radical (unpaired) electrons. The lowest BCUT2D eigenvalue weighted by Gasteiger charge is -2.24. The minimum Gasteiger partial charge on any atom is -0.273 e. The Labute approximate surface area is 147 Å². The molecule has 1 fully saturated rings. The third-order valence-corrected chi connectivity index (χ3v) is 5.06. The molecule has 3 rings (SSSR count). The number of aryl methyl sites for hydroxylation is 1. The van der Waals surface area contributed by atoms with E-state index in [9.17, 15) is 4.79 Å². The first-order valence-corrected chi connectivity index (χ1v) is 9.69. The molecule has 1 aliphatic rings. The molecule has 0 spiro atoms.